The van der Waals surface area contributed by atoms with E-state index in [1.165, 1.54) is 28.8 Å². The molecule has 7 nitrogen and oxygen atoms in total. The molecular weight excluding hydrogens is 425 g/mol. The Morgan fingerprint density at radius 2 is 2.03 bits per heavy atom. The lowest BCUT2D eigenvalue weighted by molar-refractivity contribution is -0.137. The number of nitrogens with zero attached hydrogens (tertiary/aromatic N) is 4. The number of fused-ring (bicyclic) bond motifs is 1. The number of aromatic nitrogens is 2. The lowest BCUT2D eigenvalue weighted by Crippen LogP contribution is -2.49. The first-order valence-electron chi connectivity index (χ1n) is 9.82. The molecule has 3 heterocycles. The number of hydrogen-bond acceptors (Lipinski definition) is 5. The highest BCUT2D eigenvalue weighted by Crippen LogP contribution is 2.33. The SMILES string of the molecule is [C-]#[N+]c1ccc2c(n1)c(N1CC[C@H](Oc3cccc(C(F)(F)F)c3)[C@@H](O)C1)cc(=O)n2C. The molecule has 0 unspecified atom stereocenters. The largest absolute Gasteiger partial charge is 0.488 e. The van der Waals surface area contributed by atoms with E-state index in [2.05, 4.69) is 9.83 Å². The third-order valence-electron chi connectivity index (χ3n) is 5.48. The van der Waals surface area contributed by atoms with E-state index < -0.39 is 23.9 Å². The Bertz CT molecular complexity index is 1270. The number of ether oxygens (including phenoxy) is 1. The van der Waals surface area contributed by atoms with Gasteiger partial charge in [-0.15, -0.1) is 4.98 Å². The molecule has 1 saturated heterocycles. The molecule has 1 aliphatic rings. The van der Waals surface area contributed by atoms with Gasteiger partial charge in [0.2, 0.25) is 5.52 Å². The highest BCUT2D eigenvalue weighted by atomic mass is 19.4. The summed E-state index contributed by atoms with van der Waals surface area (Å²) in [5, 5.41) is 10.6. The van der Waals surface area contributed by atoms with Gasteiger partial charge in [0.05, 0.1) is 16.8 Å². The summed E-state index contributed by atoms with van der Waals surface area (Å²) < 4.78 is 45.9. The quantitative estimate of drug-likeness (QED) is 0.626. The molecule has 1 aliphatic heterocycles. The third kappa shape index (κ3) is 4.11. The molecule has 0 aliphatic carbocycles. The zero-order valence-electron chi connectivity index (χ0n) is 17.0. The molecular formula is C22H19F3N4O3. The van der Waals surface area contributed by atoms with Gasteiger partial charge < -0.3 is 24.2 Å². The number of hydrogen-bond donors (Lipinski definition) is 1. The number of piperidine rings is 1. The van der Waals surface area contributed by atoms with Crippen LogP contribution < -0.4 is 15.2 Å². The lowest BCUT2D eigenvalue weighted by atomic mass is 10.0. The molecule has 0 amide bonds. The van der Waals surface area contributed by atoms with E-state index >= 15 is 0 Å². The molecule has 32 heavy (non-hydrogen) atoms. The number of pyridine rings is 2. The van der Waals surface area contributed by atoms with Crippen LogP contribution in [0.1, 0.15) is 12.0 Å². The maximum atomic E-state index is 12.9. The number of aryl methyl sites for hydroxylation is 1. The van der Waals surface area contributed by atoms with Crippen LogP contribution in [0.3, 0.4) is 0 Å². The summed E-state index contributed by atoms with van der Waals surface area (Å²) in [7, 11) is 1.61. The number of anilines is 1. The van der Waals surface area contributed by atoms with E-state index in [0.717, 1.165) is 12.1 Å². The molecule has 0 radical (unpaired) electrons. The average molecular weight is 444 g/mol. The number of benzene rings is 1. The van der Waals surface area contributed by atoms with Crippen LogP contribution in [-0.2, 0) is 13.2 Å². The van der Waals surface area contributed by atoms with Crippen molar-refractivity contribution in [1.29, 1.82) is 0 Å². The first-order valence-corrected chi connectivity index (χ1v) is 9.82. The van der Waals surface area contributed by atoms with E-state index in [-0.39, 0.29) is 23.7 Å². The molecule has 2 aromatic heterocycles. The minimum Gasteiger partial charge on any atom is -0.488 e. The number of aliphatic hydroxyl groups excluding tert-OH is 1. The predicted octanol–water partition coefficient (Wildman–Crippen LogP) is 3.52. The Morgan fingerprint density at radius 3 is 2.72 bits per heavy atom. The van der Waals surface area contributed by atoms with E-state index in [1.54, 1.807) is 18.0 Å². The number of halogens is 3. The fraction of sp³-hybridized carbons (Fsp3) is 0.318. The highest BCUT2D eigenvalue weighted by Gasteiger charge is 2.33. The van der Waals surface area contributed by atoms with Gasteiger partial charge in [-0.3, -0.25) is 4.79 Å². The van der Waals surface area contributed by atoms with Crippen molar-refractivity contribution >= 4 is 22.5 Å². The molecule has 1 fully saturated rings. The van der Waals surface area contributed by atoms with Crippen LogP contribution in [0.5, 0.6) is 5.75 Å². The Balaban J connectivity index is 1.58. The van der Waals surface area contributed by atoms with Crippen LogP contribution >= 0.6 is 0 Å². The van der Waals surface area contributed by atoms with Gasteiger partial charge in [-0.05, 0) is 30.3 Å². The number of aliphatic hydroxyl groups is 1. The molecule has 1 aromatic carbocycles. The van der Waals surface area contributed by atoms with Crippen molar-refractivity contribution < 1.29 is 23.0 Å². The predicted molar refractivity (Wildman–Crippen MR) is 112 cm³/mol. The van der Waals surface area contributed by atoms with Crippen molar-refractivity contribution in [2.75, 3.05) is 18.0 Å². The van der Waals surface area contributed by atoms with Gasteiger partial charge in [-0.2, -0.15) is 13.2 Å². The Morgan fingerprint density at radius 1 is 1.25 bits per heavy atom. The first kappa shape index (κ1) is 21.6. The second kappa shape index (κ2) is 8.16. The van der Waals surface area contributed by atoms with Crippen molar-refractivity contribution in [3.8, 4) is 5.75 Å². The van der Waals surface area contributed by atoms with Gasteiger partial charge in [0.1, 0.15) is 18.0 Å². The normalized spacial score (nSPS) is 19.1. The van der Waals surface area contributed by atoms with Crippen molar-refractivity contribution in [1.82, 2.24) is 9.55 Å². The fourth-order valence-electron chi connectivity index (χ4n) is 3.79. The van der Waals surface area contributed by atoms with Gasteiger partial charge in [0, 0.05) is 32.6 Å². The van der Waals surface area contributed by atoms with Crippen LogP contribution in [0.15, 0.2) is 47.3 Å². The maximum absolute atomic E-state index is 12.9. The highest BCUT2D eigenvalue weighted by molar-refractivity contribution is 5.89. The second-order valence-electron chi connectivity index (χ2n) is 7.56. The van der Waals surface area contributed by atoms with Gasteiger partial charge >= 0.3 is 6.18 Å². The van der Waals surface area contributed by atoms with E-state index in [4.69, 9.17) is 11.3 Å². The monoisotopic (exact) mass is 444 g/mol. The molecule has 166 valence electrons. The molecule has 3 aromatic rings. The van der Waals surface area contributed by atoms with Crippen LogP contribution in [0.2, 0.25) is 0 Å². The summed E-state index contributed by atoms with van der Waals surface area (Å²) in [4.78, 5) is 21.9. The fourth-order valence-corrected chi connectivity index (χ4v) is 3.79. The molecule has 4 rings (SSSR count). The zero-order valence-corrected chi connectivity index (χ0v) is 17.0. The van der Waals surface area contributed by atoms with E-state index in [0.29, 0.717) is 29.7 Å². The molecule has 2 atom stereocenters. The van der Waals surface area contributed by atoms with Crippen molar-refractivity contribution in [2.24, 2.45) is 7.05 Å². The summed E-state index contributed by atoms with van der Waals surface area (Å²) in [5.74, 6) is 0.209. The molecule has 10 heteroatoms. The summed E-state index contributed by atoms with van der Waals surface area (Å²) in [6.07, 6.45) is -5.89. The minimum absolute atomic E-state index is 0.0275. The first-order chi connectivity index (χ1) is 15.2. The molecule has 0 saturated carbocycles. The summed E-state index contributed by atoms with van der Waals surface area (Å²) in [6.45, 7) is 7.68. The summed E-state index contributed by atoms with van der Waals surface area (Å²) in [5.41, 5.74) is 0.420. The number of β-amino-alcohol motifs (C(OH)–C–C–N with tert-alkyl or cyclic N) is 1. The number of alkyl halides is 3. The van der Waals surface area contributed by atoms with Gasteiger partial charge in [0.25, 0.3) is 11.4 Å². The van der Waals surface area contributed by atoms with Gasteiger partial charge in [-0.1, -0.05) is 12.6 Å². The standard InChI is InChI=1S/C22H19F3N4O3/c1-26-19-7-6-15-21(27-19)16(11-20(31)28(15)2)29-9-8-18(17(30)12-29)32-14-5-3-4-13(10-14)22(23,24)25/h3-7,10-11,17-18,30H,8-9,12H2,2H3/t17-,18-/m0/s1. The number of rotatable bonds is 3. The Hall–Kier alpha value is -3.58. The summed E-state index contributed by atoms with van der Waals surface area (Å²) in [6, 6.07) is 9.12. The van der Waals surface area contributed by atoms with Crippen molar-refractivity contribution in [3.63, 3.8) is 0 Å². The minimum atomic E-state index is -4.49. The van der Waals surface area contributed by atoms with Crippen molar-refractivity contribution in [2.45, 2.75) is 24.8 Å². The topological polar surface area (TPSA) is 72.0 Å². The lowest BCUT2D eigenvalue weighted by Gasteiger charge is -2.37. The van der Waals surface area contributed by atoms with Crippen LogP contribution in [0.4, 0.5) is 24.7 Å². The van der Waals surface area contributed by atoms with Crippen molar-refractivity contribution in [3.05, 3.63) is 69.8 Å². The summed E-state index contributed by atoms with van der Waals surface area (Å²) >= 11 is 0. The average Bonchev–Trinajstić information content (AvgIpc) is 2.77. The van der Waals surface area contributed by atoms with Gasteiger partial charge in [0.15, 0.2) is 0 Å². The van der Waals surface area contributed by atoms with Crippen LogP contribution in [0, 0.1) is 6.57 Å². The molecule has 1 N–H and O–H groups in total. The Kier molecular flexibility index (Phi) is 5.52. The van der Waals surface area contributed by atoms with E-state index in [9.17, 15) is 23.1 Å². The molecule has 0 spiro atoms. The molecule has 0 bridgehead atoms. The van der Waals surface area contributed by atoms with Crippen LogP contribution in [-0.4, -0.2) is 40.0 Å². The Labute approximate surface area is 181 Å². The maximum Gasteiger partial charge on any atom is 0.416 e. The smallest absolute Gasteiger partial charge is 0.416 e. The van der Waals surface area contributed by atoms with Gasteiger partial charge in [-0.25, -0.2) is 0 Å². The van der Waals surface area contributed by atoms with E-state index in [1.807, 2.05) is 0 Å². The zero-order chi connectivity index (χ0) is 23.0. The third-order valence-corrected chi connectivity index (χ3v) is 5.48. The van der Waals surface area contributed by atoms with Crippen LogP contribution in [0.25, 0.3) is 15.9 Å². The second-order valence-corrected chi connectivity index (χ2v) is 7.56.